The van der Waals surface area contributed by atoms with E-state index < -0.39 is 12.2 Å². The van der Waals surface area contributed by atoms with Crippen molar-refractivity contribution in [1.29, 1.82) is 5.26 Å². The Balaban J connectivity index is 2.37. The quantitative estimate of drug-likeness (QED) is 0.756. The molecule has 5 heteroatoms. The Labute approximate surface area is 104 Å². The number of nitriles is 1. The summed E-state index contributed by atoms with van der Waals surface area (Å²) in [5, 5.41) is 35.0. The van der Waals surface area contributed by atoms with E-state index in [0.717, 1.165) is 11.3 Å². The Hall–Kier alpha value is -2.16. The molecule has 2 unspecified atom stereocenters. The van der Waals surface area contributed by atoms with E-state index in [1.807, 2.05) is 18.2 Å². The second-order valence-electron chi connectivity index (χ2n) is 3.93. The van der Waals surface area contributed by atoms with Crippen molar-refractivity contribution in [3.8, 4) is 17.3 Å². The van der Waals surface area contributed by atoms with E-state index in [9.17, 15) is 10.2 Å². The first kappa shape index (κ1) is 12.3. The number of hydrogen-bond donors (Lipinski definition) is 3. The molecule has 92 valence electrons. The average Bonchev–Trinajstić information content (AvgIpc) is 2.92. The van der Waals surface area contributed by atoms with Gasteiger partial charge in [0.05, 0.1) is 24.3 Å². The van der Waals surface area contributed by atoms with Crippen molar-refractivity contribution >= 4 is 0 Å². The first-order valence-corrected chi connectivity index (χ1v) is 5.55. The van der Waals surface area contributed by atoms with Gasteiger partial charge in [-0.05, 0) is 11.6 Å². The minimum Gasteiger partial charge on any atom is -0.389 e. The third kappa shape index (κ3) is 2.40. The third-order valence-corrected chi connectivity index (χ3v) is 2.74. The van der Waals surface area contributed by atoms with E-state index >= 15 is 0 Å². The molecule has 2 aromatic rings. The van der Waals surface area contributed by atoms with Gasteiger partial charge in [0.1, 0.15) is 6.10 Å². The molecule has 1 heterocycles. The van der Waals surface area contributed by atoms with E-state index in [2.05, 4.69) is 10.2 Å². The van der Waals surface area contributed by atoms with Crippen molar-refractivity contribution in [2.24, 2.45) is 0 Å². The zero-order chi connectivity index (χ0) is 13.0. The molecule has 0 spiro atoms. The third-order valence-electron chi connectivity index (χ3n) is 2.74. The Kier molecular flexibility index (Phi) is 3.72. The molecular weight excluding hydrogens is 230 g/mol. The number of aromatic nitrogens is 2. The number of aliphatic hydroxyl groups excluding tert-OH is 2. The Morgan fingerprint density at radius 2 is 2.06 bits per heavy atom. The van der Waals surface area contributed by atoms with Crippen LogP contribution in [0.5, 0.6) is 0 Å². The van der Waals surface area contributed by atoms with E-state index in [-0.39, 0.29) is 6.42 Å². The molecule has 18 heavy (non-hydrogen) atoms. The lowest BCUT2D eigenvalue weighted by molar-refractivity contribution is 0.0219. The fourth-order valence-electron chi connectivity index (χ4n) is 1.82. The zero-order valence-electron chi connectivity index (χ0n) is 9.61. The van der Waals surface area contributed by atoms with Crippen LogP contribution >= 0.6 is 0 Å². The fourth-order valence-corrected chi connectivity index (χ4v) is 1.82. The summed E-state index contributed by atoms with van der Waals surface area (Å²) < 4.78 is 0. The van der Waals surface area contributed by atoms with Gasteiger partial charge in [-0.15, -0.1) is 0 Å². The predicted octanol–water partition coefficient (Wildman–Crippen LogP) is 1.38. The summed E-state index contributed by atoms with van der Waals surface area (Å²) in [5.41, 5.74) is 2.10. The summed E-state index contributed by atoms with van der Waals surface area (Å²) in [7, 11) is 0. The van der Waals surface area contributed by atoms with Gasteiger partial charge in [0.25, 0.3) is 0 Å². The zero-order valence-corrected chi connectivity index (χ0v) is 9.61. The van der Waals surface area contributed by atoms with E-state index in [1.165, 1.54) is 0 Å². The van der Waals surface area contributed by atoms with Gasteiger partial charge in [-0.1, -0.05) is 24.3 Å². The van der Waals surface area contributed by atoms with Crippen LogP contribution in [0, 0.1) is 11.3 Å². The lowest BCUT2D eigenvalue weighted by Gasteiger charge is -2.18. The van der Waals surface area contributed by atoms with Crippen molar-refractivity contribution < 1.29 is 10.2 Å². The number of aromatic amines is 1. The normalized spacial score (nSPS) is 13.8. The number of benzene rings is 1. The topological polar surface area (TPSA) is 92.9 Å². The summed E-state index contributed by atoms with van der Waals surface area (Å²) in [5.74, 6) is 0. The molecule has 2 rings (SSSR count). The van der Waals surface area contributed by atoms with E-state index in [0.29, 0.717) is 5.56 Å². The molecule has 5 nitrogen and oxygen atoms in total. The number of nitrogens with zero attached hydrogens (tertiary/aromatic N) is 2. The molecular formula is C13H13N3O2. The highest BCUT2D eigenvalue weighted by Crippen LogP contribution is 2.29. The molecule has 0 saturated heterocycles. The van der Waals surface area contributed by atoms with Gasteiger partial charge in [-0.3, -0.25) is 5.10 Å². The van der Waals surface area contributed by atoms with Crippen molar-refractivity contribution in [1.82, 2.24) is 10.2 Å². The molecule has 3 N–H and O–H groups in total. The van der Waals surface area contributed by atoms with Gasteiger partial charge < -0.3 is 10.2 Å². The van der Waals surface area contributed by atoms with Crippen LogP contribution in [-0.4, -0.2) is 26.5 Å². The van der Waals surface area contributed by atoms with Crippen LogP contribution in [0.25, 0.3) is 11.3 Å². The SMILES string of the molecule is N#CCC(O)C(O)c1ccccc1-c1ccn[nH]1. The number of H-pyrrole nitrogens is 1. The van der Waals surface area contributed by atoms with Gasteiger partial charge in [0.15, 0.2) is 0 Å². The van der Waals surface area contributed by atoms with Gasteiger partial charge >= 0.3 is 0 Å². The number of nitrogens with one attached hydrogen (secondary N) is 1. The molecule has 2 atom stereocenters. The van der Waals surface area contributed by atoms with Crippen LogP contribution in [0.15, 0.2) is 36.5 Å². The second kappa shape index (κ2) is 5.45. The van der Waals surface area contributed by atoms with Crippen LogP contribution in [0.4, 0.5) is 0 Å². The Bertz CT molecular complexity index is 546. The summed E-state index contributed by atoms with van der Waals surface area (Å²) in [6.45, 7) is 0. The van der Waals surface area contributed by atoms with Gasteiger partial charge in [0.2, 0.25) is 0 Å². The van der Waals surface area contributed by atoms with Crippen LogP contribution < -0.4 is 0 Å². The molecule has 0 saturated carbocycles. The summed E-state index contributed by atoms with van der Waals surface area (Å²) >= 11 is 0. The number of rotatable bonds is 4. The fraction of sp³-hybridized carbons (Fsp3) is 0.231. The second-order valence-corrected chi connectivity index (χ2v) is 3.93. The molecule has 0 fully saturated rings. The Morgan fingerprint density at radius 1 is 1.28 bits per heavy atom. The van der Waals surface area contributed by atoms with Crippen molar-refractivity contribution in [2.75, 3.05) is 0 Å². The highest BCUT2D eigenvalue weighted by molar-refractivity contribution is 5.63. The van der Waals surface area contributed by atoms with Crippen LogP contribution in [-0.2, 0) is 0 Å². The van der Waals surface area contributed by atoms with Crippen LogP contribution in [0.3, 0.4) is 0 Å². The highest BCUT2D eigenvalue weighted by atomic mass is 16.3. The average molecular weight is 243 g/mol. The molecule has 0 bridgehead atoms. The van der Waals surface area contributed by atoms with Gasteiger partial charge in [-0.2, -0.15) is 10.4 Å². The lowest BCUT2D eigenvalue weighted by Crippen LogP contribution is -2.18. The minimum absolute atomic E-state index is 0.113. The minimum atomic E-state index is -1.10. The lowest BCUT2D eigenvalue weighted by atomic mass is 9.96. The molecule has 0 aliphatic heterocycles. The van der Waals surface area contributed by atoms with Gasteiger partial charge in [-0.25, -0.2) is 0 Å². The molecule has 1 aromatic carbocycles. The number of hydrogen-bond acceptors (Lipinski definition) is 4. The molecule has 0 amide bonds. The van der Waals surface area contributed by atoms with Crippen LogP contribution in [0.2, 0.25) is 0 Å². The smallest absolute Gasteiger partial charge is 0.107 e. The standard InChI is InChI=1S/C13H13N3O2/c14-7-5-12(17)13(18)10-4-2-1-3-9(10)11-6-8-15-16-11/h1-4,6,8,12-13,17-18H,5H2,(H,15,16). The summed E-state index contributed by atoms with van der Waals surface area (Å²) in [4.78, 5) is 0. The molecule has 0 aliphatic rings. The maximum Gasteiger partial charge on any atom is 0.107 e. The summed E-state index contributed by atoms with van der Waals surface area (Å²) in [6, 6.07) is 10.8. The Morgan fingerprint density at radius 3 is 2.72 bits per heavy atom. The van der Waals surface area contributed by atoms with E-state index in [4.69, 9.17) is 5.26 Å². The highest BCUT2D eigenvalue weighted by Gasteiger charge is 2.21. The maximum absolute atomic E-state index is 10.1. The first-order chi connectivity index (χ1) is 8.74. The van der Waals surface area contributed by atoms with Crippen molar-refractivity contribution in [2.45, 2.75) is 18.6 Å². The first-order valence-electron chi connectivity index (χ1n) is 5.55. The predicted molar refractivity (Wildman–Crippen MR) is 65.2 cm³/mol. The monoisotopic (exact) mass is 243 g/mol. The van der Waals surface area contributed by atoms with E-state index in [1.54, 1.807) is 24.4 Å². The molecule has 1 aromatic heterocycles. The van der Waals surface area contributed by atoms with Gasteiger partial charge in [0, 0.05) is 11.8 Å². The summed E-state index contributed by atoms with van der Waals surface area (Å²) in [6.07, 6.45) is -0.689. The number of aliphatic hydroxyl groups is 2. The van der Waals surface area contributed by atoms with Crippen LogP contribution in [0.1, 0.15) is 18.1 Å². The largest absolute Gasteiger partial charge is 0.389 e. The molecule has 0 radical (unpaired) electrons. The molecule has 0 aliphatic carbocycles. The maximum atomic E-state index is 10.1. The van der Waals surface area contributed by atoms with Crippen molar-refractivity contribution in [3.63, 3.8) is 0 Å². The van der Waals surface area contributed by atoms with Crippen molar-refractivity contribution in [3.05, 3.63) is 42.1 Å².